The van der Waals surface area contributed by atoms with E-state index in [4.69, 9.17) is 4.74 Å². The van der Waals surface area contributed by atoms with E-state index in [1.807, 2.05) is 18.7 Å². The Hall–Kier alpha value is -1.97. The number of amides is 1. The van der Waals surface area contributed by atoms with Crippen molar-refractivity contribution in [3.05, 3.63) is 35.5 Å². The summed E-state index contributed by atoms with van der Waals surface area (Å²) in [6.07, 6.45) is 0.717. The number of nitrogens with zero attached hydrogens (tertiary/aromatic N) is 2. The van der Waals surface area contributed by atoms with Gasteiger partial charge in [-0.15, -0.1) is 0 Å². The van der Waals surface area contributed by atoms with E-state index in [9.17, 15) is 4.79 Å². The van der Waals surface area contributed by atoms with Crippen molar-refractivity contribution in [3.8, 4) is 0 Å². The van der Waals surface area contributed by atoms with Gasteiger partial charge in [-0.2, -0.15) is 0 Å². The van der Waals surface area contributed by atoms with Crippen molar-refractivity contribution in [1.29, 1.82) is 0 Å². The fourth-order valence-electron chi connectivity index (χ4n) is 3.85. The largest absolute Gasteiger partial charge is 0.441 e. The first-order chi connectivity index (χ1) is 9.50. The Morgan fingerprint density at radius 1 is 1.30 bits per heavy atom. The highest BCUT2D eigenvalue weighted by Gasteiger charge is 2.52. The van der Waals surface area contributed by atoms with E-state index in [-0.39, 0.29) is 12.1 Å². The van der Waals surface area contributed by atoms with Gasteiger partial charge < -0.3 is 9.30 Å². The lowest BCUT2D eigenvalue weighted by molar-refractivity contribution is 0.0651. The number of para-hydroxylation sites is 1. The van der Waals surface area contributed by atoms with Gasteiger partial charge in [0.05, 0.1) is 0 Å². The van der Waals surface area contributed by atoms with Crippen LogP contribution in [-0.2, 0) is 18.2 Å². The van der Waals surface area contributed by atoms with Crippen LogP contribution in [0.15, 0.2) is 24.3 Å². The van der Waals surface area contributed by atoms with Crippen LogP contribution in [0.5, 0.6) is 0 Å². The first-order valence-corrected chi connectivity index (χ1v) is 7.06. The summed E-state index contributed by atoms with van der Waals surface area (Å²) in [4.78, 5) is 13.9. The summed E-state index contributed by atoms with van der Waals surface area (Å²) < 4.78 is 7.80. The van der Waals surface area contributed by atoms with E-state index < -0.39 is 5.60 Å². The minimum absolute atomic E-state index is 0.0103. The Balaban J connectivity index is 2.03. The standard InChI is InChI=1S/C16H18N2O2/c1-16(2)14-13-11(8-9-18(14)15(19)20-16)10-6-4-5-7-12(10)17(13)3/h4-7,14H,8-9H2,1-3H3. The summed E-state index contributed by atoms with van der Waals surface area (Å²) in [5.41, 5.74) is 3.35. The van der Waals surface area contributed by atoms with Crippen LogP contribution in [-0.4, -0.2) is 27.7 Å². The molecule has 0 aliphatic carbocycles. The molecule has 104 valence electrons. The van der Waals surface area contributed by atoms with E-state index in [2.05, 4.69) is 35.9 Å². The number of aromatic nitrogens is 1. The van der Waals surface area contributed by atoms with E-state index in [1.165, 1.54) is 22.2 Å². The summed E-state index contributed by atoms with van der Waals surface area (Å²) in [5.74, 6) is 0. The molecule has 0 saturated carbocycles. The molecule has 4 heteroatoms. The van der Waals surface area contributed by atoms with Crippen LogP contribution in [0.2, 0.25) is 0 Å². The molecule has 1 atom stereocenters. The Bertz CT molecular complexity index is 729. The molecule has 2 aliphatic heterocycles. The first kappa shape index (κ1) is 11.8. The summed E-state index contributed by atoms with van der Waals surface area (Å²) in [5, 5.41) is 1.31. The molecule has 1 saturated heterocycles. The quantitative estimate of drug-likeness (QED) is 0.737. The molecule has 1 aromatic carbocycles. The number of rotatable bonds is 0. The topological polar surface area (TPSA) is 34.5 Å². The van der Waals surface area contributed by atoms with Gasteiger partial charge in [0, 0.05) is 30.2 Å². The lowest BCUT2D eigenvalue weighted by atomic mass is 9.88. The number of benzene rings is 1. The number of hydrogen-bond donors (Lipinski definition) is 0. The molecule has 4 rings (SSSR count). The van der Waals surface area contributed by atoms with Gasteiger partial charge in [-0.1, -0.05) is 18.2 Å². The minimum atomic E-state index is -0.478. The molecule has 0 bridgehead atoms. The fourth-order valence-corrected chi connectivity index (χ4v) is 3.85. The maximum Gasteiger partial charge on any atom is 0.411 e. The van der Waals surface area contributed by atoms with Crippen LogP contribution in [0.25, 0.3) is 10.9 Å². The van der Waals surface area contributed by atoms with Crippen molar-refractivity contribution in [2.45, 2.75) is 31.9 Å². The second-order valence-corrected chi connectivity index (χ2v) is 6.26. The van der Waals surface area contributed by atoms with Crippen LogP contribution in [0.3, 0.4) is 0 Å². The van der Waals surface area contributed by atoms with Gasteiger partial charge >= 0.3 is 6.09 Å². The summed E-state index contributed by atoms with van der Waals surface area (Å²) >= 11 is 0. The first-order valence-electron chi connectivity index (χ1n) is 7.06. The van der Waals surface area contributed by atoms with Crippen molar-refractivity contribution >= 4 is 17.0 Å². The lowest BCUT2D eigenvalue weighted by Gasteiger charge is -2.34. The average molecular weight is 270 g/mol. The zero-order valence-corrected chi connectivity index (χ0v) is 12.0. The van der Waals surface area contributed by atoms with Gasteiger partial charge in [-0.3, -0.25) is 4.90 Å². The molecule has 1 aromatic heterocycles. The number of carbonyl (C=O) groups is 1. The molecule has 1 unspecified atom stereocenters. The SMILES string of the molecule is Cn1c2c(c3ccccc31)CCN1C(=O)OC(C)(C)C21. The van der Waals surface area contributed by atoms with Crippen molar-refractivity contribution in [1.82, 2.24) is 9.47 Å². The summed E-state index contributed by atoms with van der Waals surface area (Å²) in [6.45, 7) is 4.75. The Kier molecular flexibility index (Phi) is 2.11. The predicted octanol–water partition coefficient (Wildman–Crippen LogP) is 3.01. The number of carbonyl (C=O) groups excluding carboxylic acids is 1. The molecule has 0 radical (unpaired) electrons. The zero-order chi connectivity index (χ0) is 14.1. The highest BCUT2D eigenvalue weighted by molar-refractivity contribution is 5.87. The van der Waals surface area contributed by atoms with E-state index in [0.29, 0.717) is 0 Å². The van der Waals surface area contributed by atoms with Gasteiger partial charge in [0.2, 0.25) is 0 Å². The van der Waals surface area contributed by atoms with E-state index in [0.717, 1.165) is 13.0 Å². The lowest BCUT2D eigenvalue weighted by Crippen LogP contribution is -2.39. The number of hydrogen-bond acceptors (Lipinski definition) is 2. The average Bonchev–Trinajstić information content (AvgIpc) is 2.84. The van der Waals surface area contributed by atoms with Crippen LogP contribution >= 0.6 is 0 Å². The highest BCUT2D eigenvalue weighted by atomic mass is 16.6. The van der Waals surface area contributed by atoms with Gasteiger partial charge in [-0.25, -0.2) is 4.79 Å². The molecule has 2 aromatic rings. The summed E-state index contributed by atoms with van der Waals surface area (Å²) in [6, 6.07) is 8.47. The Morgan fingerprint density at radius 2 is 2.05 bits per heavy atom. The number of aryl methyl sites for hydroxylation is 1. The number of fused-ring (bicyclic) bond motifs is 5. The highest BCUT2D eigenvalue weighted by Crippen LogP contribution is 2.47. The minimum Gasteiger partial charge on any atom is -0.441 e. The molecule has 3 heterocycles. The van der Waals surface area contributed by atoms with Crippen LogP contribution in [0.4, 0.5) is 4.79 Å². The maximum absolute atomic E-state index is 12.1. The molecular weight excluding hydrogens is 252 g/mol. The number of cyclic esters (lactones) is 1. The summed E-state index contributed by atoms with van der Waals surface area (Å²) in [7, 11) is 2.09. The molecule has 1 fully saturated rings. The third-order valence-corrected chi connectivity index (χ3v) is 4.68. The van der Waals surface area contributed by atoms with Gasteiger partial charge in [-0.05, 0) is 31.9 Å². The molecule has 2 aliphatic rings. The van der Waals surface area contributed by atoms with Crippen LogP contribution < -0.4 is 0 Å². The van der Waals surface area contributed by atoms with Crippen molar-refractivity contribution in [2.75, 3.05) is 6.54 Å². The molecular formula is C16H18N2O2. The second kappa shape index (κ2) is 3.57. The van der Waals surface area contributed by atoms with E-state index >= 15 is 0 Å². The number of ether oxygens (including phenoxy) is 1. The molecule has 0 N–H and O–H groups in total. The predicted molar refractivity (Wildman–Crippen MR) is 76.6 cm³/mol. The van der Waals surface area contributed by atoms with Crippen molar-refractivity contribution < 1.29 is 9.53 Å². The molecule has 1 amide bonds. The van der Waals surface area contributed by atoms with Gasteiger partial charge in [0.25, 0.3) is 0 Å². The molecule has 4 nitrogen and oxygen atoms in total. The van der Waals surface area contributed by atoms with Gasteiger partial charge in [0.15, 0.2) is 0 Å². The zero-order valence-electron chi connectivity index (χ0n) is 12.0. The van der Waals surface area contributed by atoms with Crippen LogP contribution in [0.1, 0.15) is 31.1 Å². The maximum atomic E-state index is 12.1. The monoisotopic (exact) mass is 270 g/mol. The molecule has 0 spiro atoms. The van der Waals surface area contributed by atoms with Crippen molar-refractivity contribution in [2.24, 2.45) is 7.05 Å². The van der Waals surface area contributed by atoms with Crippen LogP contribution in [0, 0.1) is 0 Å². The van der Waals surface area contributed by atoms with Gasteiger partial charge in [0.1, 0.15) is 11.6 Å². The smallest absolute Gasteiger partial charge is 0.411 e. The second-order valence-electron chi connectivity index (χ2n) is 6.26. The third kappa shape index (κ3) is 1.29. The Morgan fingerprint density at radius 3 is 2.85 bits per heavy atom. The van der Waals surface area contributed by atoms with E-state index in [1.54, 1.807) is 0 Å². The molecule has 20 heavy (non-hydrogen) atoms. The fraction of sp³-hybridized carbons (Fsp3) is 0.438. The third-order valence-electron chi connectivity index (χ3n) is 4.68. The normalized spacial score (nSPS) is 23.6. The van der Waals surface area contributed by atoms with Crippen molar-refractivity contribution in [3.63, 3.8) is 0 Å². The Labute approximate surface area is 117 Å².